The maximum Gasteiger partial charge on any atom is 0.406 e. The van der Waals surface area contributed by atoms with Gasteiger partial charge in [0.05, 0.1) is 6.04 Å². The first kappa shape index (κ1) is 23.2. The second-order valence-electron chi connectivity index (χ2n) is 7.35. The van der Waals surface area contributed by atoms with Crippen molar-refractivity contribution in [2.75, 3.05) is 13.6 Å². The standard InChI is InChI=1S/C19H24F3N5O.ClH/c1-26(12-19(20,21)22)17(28)11-27-18(24-16(25-27)10-14-7-8-14)15(23)9-13-5-3-2-4-6-13;/h2-6,14-15H,7-12,23H2,1H3;1H/t15-;/m1./s1. The largest absolute Gasteiger partial charge is 0.406 e. The molecule has 0 spiro atoms. The highest BCUT2D eigenvalue weighted by atomic mass is 35.5. The maximum absolute atomic E-state index is 12.6. The fourth-order valence-corrected chi connectivity index (χ4v) is 3.03. The number of aromatic nitrogens is 3. The van der Waals surface area contributed by atoms with Crippen LogP contribution in [0.15, 0.2) is 30.3 Å². The number of carbonyl (C=O) groups is 1. The molecule has 6 nitrogen and oxygen atoms in total. The van der Waals surface area contributed by atoms with Crippen LogP contribution in [0.3, 0.4) is 0 Å². The lowest BCUT2D eigenvalue weighted by Gasteiger charge is -2.20. The number of likely N-dealkylation sites (N-methyl/N-ethyl adjacent to an activating group) is 1. The number of halogens is 4. The van der Waals surface area contributed by atoms with Gasteiger partial charge in [0.2, 0.25) is 5.91 Å². The highest BCUT2D eigenvalue weighted by Gasteiger charge is 2.32. The zero-order valence-electron chi connectivity index (χ0n) is 16.1. The third-order valence-corrected chi connectivity index (χ3v) is 4.67. The lowest BCUT2D eigenvalue weighted by Crippen LogP contribution is -2.38. The van der Waals surface area contributed by atoms with E-state index in [1.807, 2.05) is 30.3 Å². The van der Waals surface area contributed by atoms with Crippen molar-refractivity contribution >= 4 is 18.3 Å². The van der Waals surface area contributed by atoms with Gasteiger partial charge in [0.25, 0.3) is 0 Å². The molecule has 160 valence electrons. The number of benzene rings is 1. The minimum Gasteiger partial charge on any atom is -0.335 e. The molecule has 1 heterocycles. The number of rotatable bonds is 8. The highest BCUT2D eigenvalue weighted by Crippen LogP contribution is 2.32. The Hall–Kier alpha value is -2.13. The maximum atomic E-state index is 12.6. The summed E-state index contributed by atoms with van der Waals surface area (Å²) in [6, 6.07) is 9.08. The molecule has 29 heavy (non-hydrogen) atoms. The Bertz CT molecular complexity index is 808. The topological polar surface area (TPSA) is 77.0 Å². The molecule has 0 saturated heterocycles. The van der Waals surface area contributed by atoms with Gasteiger partial charge in [0, 0.05) is 13.5 Å². The Morgan fingerprint density at radius 2 is 1.97 bits per heavy atom. The minimum absolute atomic E-state index is 0. The van der Waals surface area contributed by atoms with Crippen LogP contribution in [0.4, 0.5) is 13.2 Å². The zero-order valence-corrected chi connectivity index (χ0v) is 16.9. The van der Waals surface area contributed by atoms with Crippen molar-refractivity contribution in [3.8, 4) is 0 Å². The molecule has 0 bridgehead atoms. The van der Waals surface area contributed by atoms with Crippen LogP contribution in [0.25, 0.3) is 0 Å². The van der Waals surface area contributed by atoms with E-state index >= 15 is 0 Å². The van der Waals surface area contributed by atoms with Gasteiger partial charge < -0.3 is 10.6 Å². The lowest BCUT2D eigenvalue weighted by molar-refractivity contribution is -0.158. The van der Waals surface area contributed by atoms with Crippen LogP contribution in [0.1, 0.15) is 36.1 Å². The van der Waals surface area contributed by atoms with Crippen LogP contribution >= 0.6 is 12.4 Å². The number of hydrogen-bond acceptors (Lipinski definition) is 4. The summed E-state index contributed by atoms with van der Waals surface area (Å²) in [5, 5.41) is 4.37. The summed E-state index contributed by atoms with van der Waals surface area (Å²) >= 11 is 0. The molecule has 1 aliphatic rings. The van der Waals surface area contributed by atoms with E-state index in [1.54, 1.807) is 0 Å². The van der Waals surface area contributed by atoms with E-state index in [2.05, 4.69) is 10.1 Å². The molecule has 0 unspecified atom stereocenters. The Kier molecular flexibility index (Phi) is 7.65. The number of nitrogens with zero attached hydrogens (tertiary/aromatic N) is 4. The number of carbonyl (C=O) groups excluding carboxylic acids is 1. The van der Waals surface area contributed by atoms with Crippen molar-refractivity contribution in [1.29, 1.82) is 0 Å². The summed E-state index contributed by atoms with van der Waals surface area (Å²) < 4.78 is 39.0. The number of alkyl halides is 3. The van der Waals surface area contributed by atoms with E-state index < -0.39 is 24.7 Å². The fraction of sp³-hybridized carbons (Fsp3) is 0.526. The summed E-state index contributed by atoms with van der Waals surface area (Å²) in [4.78, 5) is 17.4. The predicted molar refractivity (Wildman–Crippen MR) is 104 cm³/mol. The van der Waals surface area contributed by atoms with E-state index in [0.717, 1.165) is 25.5 Å². The first-order valence-electron chi connectivity index (χ1n) is 9.25. The van der Waals surface area contributed by atoms with Crippen molar-refractivity contribution in [2.24, 2.45) is 11.7 Å². The van der Waals surface area contributed by atoms with Gasteiger partial charge in [-0.25, -0.2) is 9.67 Å². The first-order chi connectivity index (χ1) is 13.2. The summed E-state index contributed by atoms with van der Waals surface area (Å²) in [6.07, 6.45) is -1.02. The summed E-state index contributed by atoms with van der Waals surface area (Å²) in [7, 11) is 1.13. The zero-order chi connectivity index (χ0) is 20.3. The second kappa shape index (κ2) is 9.58. The Morgan fingerprint density at radius 3 is 2.55 bits per heavy atom. The average molecular weight is 432 g/mol. The van der Waals surface area contributed by atoms with Crippen LogP contribution < -0.4 is 5.73 Å². The van der Waals surface area contributed by atoms with Crippen LogP contribution in [0.5, 0.6) is 0 Å². The van der Waals surface area contributed by atoms with Crippen molar-refractivity contribution in [1.82, 2.24) is 19.7 Å². The van der Waals surface area contributed by atoms with Crippen molar-refractivity contribution in [3.63, 3.8) is 0 Å². The predicted octanol–water partition coefficient (Wildman–Crippen LogP) is 2.92. The number of amides is 1. The molecule has 1 fully saturated rings. The molecule has 10 heteroatoms. The van der Waals surface area contributed by atoms with Crippen molar-refractivity contribution < 1.29 is 18.0 Å². The Morgan fingerprint density at radius 1 is 1.31 bits per heavy atom. The fourth-order valence-electron chi connectivity index (χ4n) is 3.03. The highest BCUT2D eigenvalue weighted by molar-refractivity contribution is 5.85. The third kappa shape index (κ3) is 7.01. The monoisotopic (exact) mass is 431 g/mol. The molecule has 1 atom stereocenters. The molecule has 3 rings (SSSR count). The van der Waals surface area contributed by atoms with Crippen LogP contribution in [-0.2, 0) is 24.2 Å². The van der Waals surface area contributed by atoms with Gasteiger partial charge in [0.15, 0.2) is 5.82 Å². The van der Waals surface area contributed by atoms with Gasteiger partial charge in [-0.1, -0.05) is 30.3 Å². The summed E-state index contributed by atoms with van der Waals surface area (Å²) in [6.45, 7) is -1.62. The Balaban J connectivity index is 0.00000300. The van der Waals surface area contributed by atoms with Crippen molar-refractivity contribution in [3.05, 3.63) is 47.5 Å². The Labute approximate surface area is 173 Å². The molecule has 0 aliphatic heterocycles. The van der Waals surface area contributed by atoms with E-state index in [1.165, 1.54) is 4.68 Å². The van der Waals surface area contributed by atoms with Gasteiger partial charge in [0.1, 0.15) is 18.9 Å². The lowest BCUT2D eigenvalue weighted by atomic mass is 10.1. The molecule has 1 aliphatic carbocycles. The molecule has 1 amide bonds. The first-order valence-corrected chi connectivity index (χ1v) is 9.25. The SMILES string of the molecule is CN(CC(F)(F)F)C(=O)Cn1nc(CC2CC2)nc1[C@H](N)Cc1ccccc1.Cl. The molecular weight excluding hydrogens is 407 g/mol. The second-order valence-corrected chi connectivity index (χ2v) is 7.35. The van der Waals surface area contributed by atoms with E-state index in [4.69, 9.17) is 5.73 Å². The quantitative estimate of drug-likeness (QED) is 0.697. The summed E-state index contributed by atoms with van der Waals surface area (Å²) in [5.74, 6) is 0.867. The average Bonchev–Trinajstić information content (AvgIpc) is 3.33. The van der Waals surface area contributed by atoms with Crippen LogP contribution in [-0.4, -0.2) is 45.3 Å². The minimum atomic E-state index is -4.45. The third-order valence-electron chi connectivity index (χ3n) is 4.67. The molecule has 1 aromatic heterocycles. The van der Waals surface area contributed by atoms with Gasteiger partial charge in [-0.2, -0.15) is 18.3 Å². The molecule has 2 N–H and O–H groups in total. The van der Waals surface area contributed by atoms with Gasteiger partial charge in [-0.15, -0.1) is 12.4 Å². The van der Waals surface area contributed by atoms with E-state index in [9.17, 15) is 18.0 Å². The van der Waals surface area contributed by atoms with E-state index in [0.29, 0.717) is 35.3 Å². The normalized spacial score (nSPS) is 14.9. The van der Waals surface area contributed by atoms with Crippen LogP contribution in [0, 0.1) is 5.92 Å². The molecule has 0 radical (unpaired) electrons. The van der Waals surface area contributed by atoms with Gasteiger partial charge in [-0.05, 0) is 30.7 Å². The molecule has 1 aromatic carbocycles. The molecule has 1 saturated carbocycles. The van der Waals surface area contributed by atoms with Gasteiger partial charge >= 0.3 is 6.18 Å². The summed E-state index contributed by atoms with van der Waals surface area (Å²) in [5.41, 5.74) is 7.32. The smallest absolute Gasteiger partial charge is 0.335 e. The number of nitrogens with two attached hydrogens (primary N) is 1. The van der Waals surface area contributed by atoms with Gasteiger partial charge in [-0.3, -0.25) is 4.79 Å². The number of hydrogen-bond donors (Lipinski definition) is 1. The van der Waals surface area contributed by atoms with E-state index in [-0.39, 0.29) is 19.0 Å². The van der Waals surface area contributed by atoms with Crippen LogP contribution in [0.2, 0.25) is 0 Å². The molecule has 2 aromatic rings. The van der Waals surface area contributed by atoms with Crippen molar-refractivity contribution in [2.45, 2.75) is 44.4 Å². The molecular formula is C19H25ClF3N5O.